The summed E-state index contributed by atoms with van der Waals surface area (Å²) >= 11 is 0. The predicted molar refractivity (Wildman–Crippen MR) is 85.4 cm³/mol. The van der Waals surface area contributed by atoms with E-state index in [4.69, 9.17) is 4.74 Å². The highest BCUT2D eigenvalue weighted by molar-refractivity contribution is 5.77. The Balaban J connectivity index is 1.66. The molecule has 142 valence electrons. The molecule has 3 rings (SSSR count). The second kappa shape index (κ2) is 7.56. The fourth-order valence-electron chi connectivity index (χ4n) is 3.34. The van der Waals surface area contributed by atoms with Crippen LogP contribution in [-0.2, 0) is 15.7 Å². The van der Waals surface area contributed by atoms with Gasteiger partial charge in [-0.15, -0.1) is 5.10 Å². The molecule has 0 unspecified atom stereocenters. The molecule has 1 saturated carbocycles. The molecule has 1 N–H and O–H groups in total. The van der Waals surface area contributed by atoms with Gasteiger partial charge in [-0.2, -0.15) is 18.2 Å². The first kappa shape index (κ1) is 18.6. The maximum atomic E-state index is 12.8. The fourth-order valence-corrected chi connectivity index (χ4v) is 3.34. The van der Waals surface area contributed by atoms with Crippen LogP contribution in [-0.4, -0.2) is 45.8 Å². The van der Waals surface area contributed by atoms with Gasteiger partial charge in [0, 0.05) is 25.8 Å². The van der Waals surface area contributed by atoms with Crippen LogP contribution in [0.3, 0.4) is 0 Å². The van der Waals surface area contributed by atoms with E-state index < -0.39 is 12.0 Å². The van der Waals surface area contributed by atoms with Crippen molar-refractivity contribution in [2.24, 2.45) is 5.92 Å². The number of carbonyl (C=O) groups excluding carboxylic acids is 1. The summed E-state index contributed by atoms with van der Waals surface area (Å²) in [5.41, 5.74) is 0.694. The van der Waals surface area contributed by atoms with E-state index in [-0.39, 0.29) is 24.2 Å². The van der Waals surface area contributed by atoms with Gasteiger partial charge in [0.25, 0.3) is 11.6 Å². The number of hydrogen-bond acceptors (Lipinski definition) is 5. The predicted octanol–water partition coefficient (Wildman–Crippen LogP) is 2.18. The number of hydrogen-bond donors (Lipinski definition) is 1. The van der Waals surface area contributed by atoms with Crippen molar-refractivity contribution in [3.05, 3.63) is 23.8 Å². The zero-order valence-electron chi connectivity index (χ0n) is 14.3. The zero-order chi connectivity index (χ0) is 18.7. The summed E-state index contributed by atoms with van der Waals surface area (Å²) in [6.45, 7) is 0.625. The largest absolute Gasteiger partial charge is 0.453 e. The molecule has 0 aliphatic heterocycles. The highest BCUT2D eigenvalue weighted by atomic mass is 19.4. The molecule has 1 aliphatic carbocycles. The van der Waals surface area contributed by atoms with Gasteiger partial charge in [-0.1, -0.05) is 0 Å². The summed E-state index contributed by atoms with van der Waals surface area (Å²) in [4.78, 5) is 18.8. The van der Waals surface area contributed by atoms with E-state index in [1.54, 1.807) is 6.07 Å². The van der Waals surface area contributed by atoms with Crippen LogP contribution in [0.5, 0.6) is 0 Å². The molecular weight excluding hydrogens is 351 g/mol. The molecule has 26 heavy (non-hydrogen) atoms. The summed E-state index contributed by atoms with van der Waals surface area (Å²) in [5, 5.41) is 6.44. The van der Waals surface area contributed by atoms with Crippen LogP contribution in [0.4, 0.5) is 13.2 Å². The van der Waals surface area contributed by atoms with Crippen molar-refractivity contribution in [3.8, 4) is 0 Å². The Morgan fingerprint density at radius 2 is 2.08 bits per heavy atom. The van der Waals surface area contributed by atoms with Gasteiger partial charge < -0.3 is 10.1 Å². The van der Waals surface area contributed by atoms with E-state index in [1.807, 2.05) is 0 Å². The standard InChI is InChI=1S/C16H20F3N5O2/c1-26-9-13(25)21-8-10-2-4-11(5-3-10)12-6-7-20-15-22-14(16(17,18)19)23-24(12)15/h6-7,10-11H,2-5,8-9H2,1H3,(H,21,25). The minimum absolute atomic E-state index is 0.0382. The number of rotatable bonds is 5. The normalized spacial score (nSPS) is 21.1. The quantitative estimate of drug-likeness (QED) is 0.871. The average molecular weight is 371 g/mol. The van der Waals surface area contributed by atoms with Gasteiger partial charge in [0.2, 0.25) is 5.91 Å². The van der Waals surface area contributed by atoms with Crippen molar-refractivity contribution in [2.45, 2.75) is 37.8 Å². The zero-order valence-corrected chi connectivity index (χ0v) is 14.3. The van der Waals surface area contributed by atoms with E-state index in [2.05, 4.69) is 20.4 Å². The van der Waals surface area contributed by atoms with Crippen molar-refractivity contribution in [1.29, 1.82) is 0 Å². The number of amides is 1. The molecule has 2 aromatic rings. The van der Waals surface area contributed by atoms with Gasteiger partial charge in [-0.25, -0.2) is 9.50 Å². The third kappa shape index (κ3) is 4.12. The fraction of sp³-hybridized carbons (Fsp3) is 0.625. The van der Waals surface area contributed by atoms with E-state index in [0.717, 1.165) is 25.7 Å². The van der Waals surface area contributed by atoms with E-state index in [1.165, 1.54) is 17.8 Å². The molecule has 1 fully saturated rings. The van der Waals surface area contributed by atoms with Gasteiger partial charge in [-0.3, -0.25) is 4.79 Å². The minimum Gasteiger partial charge on any atom is -0.375 e. The third-order valence-electron chi connectivity index (χ3n) is 4.65. The first-order valence-electron chi connectivity index (χ1n) is 8.43. The molecule has 0 bridgehead atoms. The smallest absolute Gasteiger partial charge is 0.375 e. The highest BCUT2D eigenvalue weighted by Crippen LogP contribution is 2.36. The number of nitrogens with one attached hydrogen (secondary N) is 1. The van der Waals surface area contributed by atoms with Gasteiger partial charge in [0.15, 0.2) is 0 Å². The SMILES string of the molecule is COCC(=O)NCC1CCC(c2ccnc3nc(C(F)(F)F)nn23)CC1. The number of nitrogens with zero attached hydrogens (tertiary/aromatic N) is 4. The summed E-state index contributed by atoms with van der Waals surface area (Å²) in [6.07, 6.45) is 0.251. The Morgan fingerprint density at radius 1 is 1.35 bits per heavy atom. The maximum absolute atomic E-state index is 12.8. The summed E-state index contributed by atoms with van der Waals surface area (Å²) < 4.78 is 44.5. The van der Waals surface area contributed by atoms with E-state index >= 15 is 0 Å². The molecule has 2 heterocycles. The number of carbonyl (C=O) groups is 1. The van der Waals surface area contributed by atoms with Crippen molar-refractivity contribution in [2.75, 3.05) is 20.3 Å². The van der Waals surface area contributed by atoms with Gasteiger partial charge >= 0.3 is 6.18 Å². The summed E-state index contributed by atoms with van der Waals surface area (Å²) in [6, 6.07) is 1.70. The molecule has 10 heteroatoms. The lowest BCUT2D eigenvalue weighted by atomic mass is 9.80. The molecule has 0 atom stereocenters. The molecule has 7 nitrogen and oxygen atoms in total. The van der Waals surface area contributed by atoms with Crippen LogP contribution in [0.15, 0.2) is 12.3 Å². The number of alkyl halides is 3. The molecule has 0 radical (unpaired) electrons. The van der Waals surface area contributed by atoms with Crippen LogP contribution in [0, 0.1) is 5.92 Å². The third-order valence-corrected chi connectivity index (χ3v) is 4.65. The van der Waals surface area contributed by atoms with Crippen molar-refractivity contribution in [1.82, 2.24) is 24.9 Å². The van der Waals surface area contributed by atoms with Gasteiger partial charge in [0.1, 0.15) is 6.61 Å². The lowest BCUT2D eigenvalue weighted by Gasteiger charge is -2.28. The second-order valence-corrected chi connectivity index (χ2v) is 6.47. The lowest BCUT2D eigenvalue weighted by Crippen LogP contribution is -2.33. The number of aromatic nitrogens is 4. The van der Waals surface area contributed by atoms with Gasteiger partial charge in [0.05, 0.1) is 5.69 Å². The molecule has 2 aromatic heterocycles. The topological polar surface area (TPSA) is 81.4 Å². The Labute approximate surface area is 148 Å². The summed E-state index contributed by atoms with van der Waals surface area (Å²) in [5.74, 6) is -0.913. The van der Waals surface area contributed by atoms with Crippen LogP contribution in [0.1, 0.15) is 43.1 Å². The minimum atomic E-state index is -4.59. The van der Waals surface area contributed by atoms with Crippen molar-refractivity contribution < 1.29 is 22.7 Å². The molecular formula is C16H20F3N5O2. The van der Waals surface area contributed by atoms with Crippen LogP contribution in [0.2, 0.25) is 0 Å². The first-order chi connectivity index (χ1) is 12.4. The monoisotopic (exact) mass is 371 g/mol. The number of fused-ring (bicyclic) bond motifs is 1. The van der Waals surface area contributed by atoms with Crippen molar-refractivity contribution >= 4 is 11.7 Å². The lowest BCUT2D eigenvalue weighted by molar-refractivity contribution is -0.144. The molecule has 0 saturated heterocycles. The number of ether oxygens (including phenoxy) is 1. The average Bonchev–Trinajstić information content (AvgIpc) is 3.05. The Morgan fingerprint density at radius 3 is 2.73 bits per heavy atom. The van der Waals surface area contributed by atoms with Crippen LogP contribution >= 0.6 is 0 Å². The Hall–Kier alpha value is -2.23. The summed E-state index contributed by atoms with van der Waals surface area (Å²) in [7, 11) is 1.47. The number of methoxy groups -OCH3 is 1. The Bertz CT molecular complexity index is 769. The molecule has 1 amide bonds. The molecule has 0 aromatic carbocycles. The highest BCUT2D eigenvalue weighted by Gasteiger charge is 2.37. The van der Waals surface area contributed by atoms with E-state index in [0.29, 0.717) is 18.2 Å². The number of halogens is 3. The molecule has 1 aliphatic rings. The van der Waals surface area contributed by atoms with E-state index in [9.17, 15) is 18.0 Å². The van der Waals surface area contributed by atoms with Crippen LogP contribution in [0.25, 0.3) is 5.78 Å². The maximum Gasteiger partial charge on any atom is 0.453 e. The second-order valence-electron chi connectivity index (χ2n) is 6.47. The Kier molecular flexibility index (Phi) is 5.40. The van der Waals surface area contributed by atoms with Gasteiger partial charge in [-0.05, 0) is 37.7 Å². The van der Waals surface area contributed by atoms with Crippen molar-refractivity contribution in [3.63, 3.8) is 0 Å². The van der Waals surface area contributed by atoms with Crippen LogP contribution < -0.4 is 5.32 Å². The first-order valence-corrected chi connectivity index (χ1v) is 8.43. The molecule has 0 spiro atoms.